The Hall–Kier alpha value is -1.21. The van der Waals surface area contributed by atoms with Gasteiger partial charge in [-0.2, -0.15) is 0 Å². The Morgan fingerprint density at radius 3 is 2.65 bits per heavy atom. The number of carbonyl (C=O) groups excluding carboxylic acids is 3. The molecule has 0 aromatic heterocycles. The van der Waals surface area contributed by atoms with Gasteiger partial charge in [0.25, 0.3) is 11.7 Å². The topological polar surface area (TPSA) is 63.7 Å². The number of nitrogens with zero attached hydrogens (tertiary/aromatic N) is 1. The van der Waals surface area contributed by atoms with Gasteiger partial charge in [-0.05, 0) is 24.6 Å². The van der Waals surface area contributed by atoms with E-state index in [1.807, 2.05) is 13.0 Å². The molecular weight excluding hydrogens is 394 g/mol. The average Bonchev–Trinajstić information content (AvgIpc) is 2.63. The molecule has 1 heterocycles. The molecule has 0 aliphatic carbocycles. The number of hydrogen-bond acceptors (Lipinski definition) is 4. The van der Waals surface area contributed by atoms with Crippen LogP contribution in [0.4, 0.5) is 5.69 Å². The minimum Gasteiger partial charge on any atom is -0.468 e. The SMILES string of the molecule is COC(=O)C(Br)CN1C(=O)C(=O)c2cc(Br)cc(C)c21. The number of anilines is 1. The highest BCUT2D eigenvalue weighted by Gasteiger charge is 2.39. The van der Waals surface area contributed by atoms with Crippen LogP contribution >= 0.6 is 31.9 Å². The van der Waals surface area contributed by atoms with Crippen molar-refractivity contribution in [3.63, 3.8) is 0 Å². The number of methoxy groups -OCH3 is 1. The van der Waals surface area contributed by atoms with Gasteiger partial charge in [-0.3, -0.25) is 14.4 Å². The molecule has 5 nitrogen and oxygen atoms in total. The summed E-state index contributed by atoms with van der Waals surface area (Å²) in [6, 6.07) is 3.43. The number of amides is 1. The van der Waals surface area contributed by atoms with Crippen LogP contribution in [-0.4, -0.2) is 36.1 Å². The Bertz CT molecular complexity index is 615. The number of carbonyl (C=O) groups is 3. The Morgan fingerprint density at radius 2 is 2.05 bits per heavy atom. The minimum absolute atomic E-state index is 0.0483. The molecule has 1 aromatic rings. The second kappa shape index (κ2) is 5.65. The number of hydrogen-bond donors (Lipinski definition) is 0. The van der Waals surface area contributed by atoms with Crippen LogP contribution in [-0.2, 0) is 14.3 Å². The van der Waals surface area contributed by atoms with Crippen molar-refractivity contribution >= 4 is 55.2 Å². The Kier molecular flexibility index (Phi) is 4.29. The number of aryl methyl sites for hydroxylation is 1. The highest BCUT2D eigenvalue weighted by Crippen LogP contribution is 2.35. The van der Waals surface area contributed by atoms with Crippen LogP contribution in [0.2, 0.25) is 0 Å². The number of halogens is 2. The van der Waals surface area contributed by atoms with Crippen LogP contribution in [0.5, 0.6) is 0 Å². The lowest BCUT2D eigenvalue weighted by atomic mass is 10.1. The van der Waals surface area contributed by atoms with Gasteiger partial charge in [-0.1, -0.05) is 31.9 Å². The summed E-state index contributed by atoms with van der Waals surface area (Å²) in [7, 11) is 1.27. The van der Waals surface area contributed by atoms with E-state index in [9.17, 15) is 14.4 Å². The predicted molar refractivity (Wildman–Crippen MR) is 80.3 cm³/mol. The maximum atomic E-state index is 12.1. The molecule has 0 bridgehead atoms. The van der Waals surface area contributed by atoms with Crippen molar-refractivity contribution in [3.8, 4) is 0 Å². The number of alkyl halides is 1. The second-order valence-electron chi connectivity index (χ2n) is 4.35. The first kappa shape index (κ1) is 15.2. The van der Waals surface area contributed by atoms with Gasteiger partial charge in [0, 0.05) is 11.0 Å². The van der Waals surface area contributed by atoms with Gasteiger partial charge < -0.3 is 9.64 Å². The Balaban J connectivity index is 2.41. The highest BCUT2D eigenvalue weighted by atomic mass is 79.9. The highest BCUT2D eigenvalue weighted by molar-refractivity contribution is 9.10. The number of benzene rings is 1. The van der Waals surface area contributed by atoms with E-state index in [4.69, 9.17) is 0 Å². The zero-order valence-electron chi connectivity index (χ0n) is 10.8. The van der Waals surface area contributed by atoms with Crippen LogP contribution in [0, 0.1) is 6.92 Å². The lowest BCUT2D eigenvalue weighted by Gasteiger charge is -2.20. The van der Waals surface area contributed by atoms with E-state index in [1.54, 1.807) is 6.07 Å². The van der Waals surface area contributed by atoms with Crippen LogP contribution < -0.4 is 4.90 Å². The molecule has 0 fully saturated rings. The van der Waals surface area contributed by atoms with Crippen LogP contribution in [0.3, 0.4) is 0 Å². The lowest BCUT2D eigenvalue weighted by Crippen LogP contribution is -2.38. The first-order valence-electron chi connectivity index (χ1n) is 5.75. The molecule has 0 radical (unpaired) electrons. The molecule has 0 saturated carbocycles. The molecular formula is C13H11Br2NO4. The maximum absolute atomic E-state index is 12.1. The molecule has 1 amide bonds. The standard InChI is InChI=1S/C13H11Br2NO4/c1-6-3-7(14)4-8-10(6)16(12(18)11(8)17)5-9(15)13(19)20-2/h3-4,9H,5H2,1-2H3. The number of fused-ring (bicyclic) bond motifs is 1. The maximum Gasteiger partial charge on any atom is 0.321 e. The fourth-order valence-electron chi connectivity index (χ4n) is 2.14. The smallest absolute Gasteiger partial charge is 0.321 e. The van der Waals surface area contributed by atoms with E-state index in [1.165, 1.54) is 12.0 Å². The summed E-state index contributed by atoms with van der Waals surface area (Å²) in [4.78, 5) is 36.1. The fraction of sp³-hybridized carbons (Fsp3) is 0.308. The third-order valence-electron chi connectivity index (χ3n) is 3.02. The zero-order valence-corrected chi connectivity index (χ0v) is 13.9. The van der Waals surface area contributed by atoms with Crippen molar-refractivity contribution < 1.29 is 19.1 Å². The first-order valence-corrected chi connectivity index (χ1v) is 7.46. The summed E-state index contributed by atoms with van der Waals surface area (Å²) >= 11 is 6.47. The number of Topliss-reactive ketones (excluding diaryl/α,β-unsaturated/α-hetero) is 1. The van der Waals surface area contributed by atoms with Crippen LogP contribution in [0.25, 0.3) is 0 Å². The summed E-state index contributed by atoms with van der Waals surface area (Å²) in [6.45, 7) is 1.86. The van der Waals surface area contributed by atoms with Crippen molar-refractivity contribution in [2.24, 2.45) is 0 Å². The van der Waals surface area contributed by atoms with E-state index >= 15 is 0 Å². The molecule has 1 aromatic carbocycles. The van der Waals surface area contributed by atoms with Crippen molar-refractivity contribution in [2.45, 2.75) is 11.8 Å². The van der Waals surface area contributed by atoms with E-state index < -0.39 is 22.5 Å². The molecule has 7 heteroatoms. The lowest BCUT2D eigenvalue weighted by molar-refractivity contribution is -0.139. The molecule has 1 atom stereocenters. The fourth-order valence-corrected chi connectivity index (χ4v) is 3.19. The first-order chi connectivity index (χ1) is 9.36. The third-order valence-corrected chi connectivity index (χ3v) is 4.14. The third kappa shape index (κ3) is 2.52. The summed E-state index contributed by atoms with van der Waals surface area (Å²) in [5.41, 5.74) is 1.70. The van der Waals surface area contributed by atoms with Crippen molar-refractivity contribution in [1.82, 2.24) is 0 Å². The number of rotatable bonds is 3. The Labute approximate surface area is 132 Å². The van der Waals surface area contributed by atoms with Gasteiger partial charge in [0.05, 0.1) is 18.4 Å². The number of esters is 1. The molecule has 0 spiro atoms. The predicted octanol–water partition coefficient (Wildman–Crippen LogP) is 2.22. The average molecular weight is 405 g/mol. The summed E-state index contributed by atoms with van der Waals surface area (Å²) < 4.78 is 5.34. The monoisotopic (exact) mass is 403 g/mol. The van der Waals surface area contributed by atoms with E-state index in [2.05, 4.69) is 36.6 Å². The molecule has 106 valence electrons. The molecule has 1 unspecified atom stereocenters. The van der Waals surface area contributed by atoms with Gasteiger partial charge in [-0.25, -0.2) is 0 Å². The quantitative estimate of drug-likeness (QED) is 0.440. The Morgan fingerprint density at radius 1 is 1.40 bits per heavy atom. The van der Waals surface area contributed by atoms with E-state index in [-0.39, 0.29) is 6.54 Å². The van der Waals surface area contributed by atoms with Crippen molar-refractivity contribution in [1.29, 1.82) is 0 Å². The zero-order chi connectivity index (χ0) is 15.0. The molecule has 2 rings (SSSR count). The van der Waals surface area contributed by atoms with Crippen LogP contribution in [0.15, 0.2) is 16.6 Å². The van der Waals surface area contributed by atoms with Gasteiger partial charge >= 0.3 is 5.97 Å². The molecule has 0 saturated heterocycles. The largest absolute Gasteiger partial charge is 0.468 e. The summed E-state index contributed by atoms with van der Waals surface area (Å²) in [5, 5.41) is 0. The summed E-state index contributed by atoms with van der Waals surface area (Å²) in [6.07, 6.45) is 0. The van der Waals surface area contributed by atoms with Crippen molar-refractivity contribution in [3.05, 3.63) is 27.7 Å². The van der Waals surface area contributed by atoms with E-state index in [0.717, 1.165) is 10.0 Å². The normalized spacial score (nSPS) is 15.3. The van der Waals surface area contributed by atoms with Gasteiger partial charge in [0.1, 0.15) is 4.83 Å². The van der Waals surface area contributed by atoms with Gasteiger partial charge in [0.2, 0.25) is 0 Å². The van der Waals surface area contributed by atoms with Gasteiger partial charge in [-0.15, -0.1) is 0 Å². The minimum atomic E-state index is -0.682. The number of ketones is 1. The van der Waals surface area contributed by atoms with Crippen LogP contribution in [0.1, 0.15) is 15.9 Å². The molecule has 1 aliphatic rings. The van der Waals surface area contributed by atoms with E-state index in [0.29, 0.717) is 11.3 Å². The molecule has 1 aliphatic heterocycles. The number of ether oxygens (including phenoxy) is 1. The van der Waals surface area contributed by atoms with Crippen molar-refractivity contribution in [2.75, 3.05) is 18.6 Å². The molecule has 20 heavy (non-hydrogen) atoms. The second-order valence-corrected chi connectivity index (χ2v) is 6.38. The van der Waals surface area contributed by atoms with Gasteiger partial charge in [0.15, 0.2) is 0 Å². The molecule has 0 N–H and O–H groups in total. The summed E-state index contributed by atoms with van der Waals surface area (Å²) in [5.74, 6) is -1.68.